The van der Waals surface area contributed by atoms with Crippen LogP contribution >= 0.6 is 24.0 Å². The van der Waals surface area contributed by atoms with Crippen LogP contribution in [0.15, 0.2) is 4.99 Å². The van der Waals surface area contributed by atoms with Crippen LogP contribution in [0.4, 0.5) is 4.79 Å². The summed E-state index contributed by atoms with van der Waals surface area (Å²) < 4.78 is 5.31. The van der Waals surface area contributed by atoms with Gasteiger partial charge in [0.05, 0.1) is 13.2 Å². The first-order chi connectivity index (χ1) is 12.2. The van der Waals surface area contributed by atoms with E-state index in [0.717, 1.165) is 44.6 Å². The molecule has 1 aliphatic rings. The molecule has 0 spiro atoms. The Balaban J connectivity index is 0.00000676. The summed E-state index contributed by atoms with van der Waals surface area (Å²) in [6.07, 6.45) is 4.75. The number of nitrogens with one attached hydrogen (secondary N) is 3. The average molecular weight is 498 g/mol. The Hall–Kier alpha value is -0.770. The van der Waals surface area contributed by atoms with Gasteiger partial charge in [-0.05, 0) is 47.0 Å². The summed E-state index contributed by atoms with van der Waals surface area (Å²) in [5.74, 6) is 0.735. The highest BCUT2D eigenvalue weighted by Gasteiger charge is 2.41. The van der Waals surface area contributed by atoms with Gasteiger partial charge in [0.15, 0.2) is 5.96 Å². The van der Waals surface area contributed by atoms with Crippen LogP contribution in [0, 0.1) is 5.41 Å². The number of rotatable bonds is 10. The van der Waals surface area contributed by atoms with Crippen molar-refractivity contribution in [2.45, 2.75) is 78.4 Å². The number of carbonyl (C=O) groups excluding carboxylic acids is 1. The molecule has 1 unspecified atom stereocenters. The monoisotopic (exact) mass is 498 g/mol. The van der Waals surface area contributed by atoms with Crippen LogP contribution in [0.3, 0.4) is 0 Å². The van der Waals surface area contributed by atoms with Gasteiger partial charge in [-0.2, -0.15) is 0 Å². The predicted octanol–water partition coefficient (Wildman–Crippen LogP) is 3.02. The number of hydrogen-bond acceptors (Lipinski definition) is 4. The van der Waals surface area contributed by atoms with Crippen molar-refractivity contribution in [1.82, 2.24) is 16.0 Å². The Morgan fingerprint density at radius 1 is 1.26 bits per heavy atom. The van der Waals surface area contributed by atoms with E-state index in [1.807, 2.05) is 27.7 Å². The van der Waals surface area contributed by atoms with Gasteiger partial charge in [-0.1, -0.05) is 19.8 Å². The van der Waals surface area contributed by atoms with E-state index < -0.39 is 11.7 Å². The maximum atomic E-state index is 11.9. The minimum atomic E-state index is -0.504. The zero-order valence-electron chi connectivity index (χ0n) is 17.6. The van der Waals surface area contributed by atoms with E-state index in [-0.39, 0.29) is 42.0 Å². The fraction of sp³-hybridized carbons (Fsp3) is 0.895. The van der Waals surface area contributed by atoms with E-state index in [4.69, 9.17) is 4.74 Å². The van der Waals surface area contributed by atoms with Gasteiger partial charge in [-0.15, -0.1) is 24.0 Å². The number of amides is 1. The number of aliphatic imine (C=N–C) groups is 1. The molecule has 0 aliphatic heterocycles. The molecule has 160 valence electrons. The van der Waals surface area contributed by atoms with E-state index in [1.54, 1.807) is 0 Å². The van der Waals surface area contributed by atoms with Crippen LogP contribution in [-0.4, -0.2) is 55.0 Å². The quantitative estimate of drug-likeness (QED) is 0.211. The minimum absolute atomic E-state index is 0. The summed E-state index contributed by atoms with van der Waals surface area (Å²) >= 11 is 0. The Labute approximate surface area is 181 Å². The molecule has 1 fully saturated rings. The lowest BCUT2D eigenvalue weighted by molar-refractivity contribution is 0.0522. The van der Waals surface area contributed by atoms with E-state index in [2.05, 4.69) is 27.9 Å². The molecule has 0 heterocycles. The van der Waals surface area contributed by atoms with Gasteiger partial charge in [0.2, 0.25) is 0 Å². The second-order valence-electron chi connectivity index (χ2n) is 8.22. The Bertz CT molecular complexity index is 462. The van der Waals surface area contributed by atoms with Gasteiger partial charge < -0.3 is 25.8 Å². The molecular formula is C19H39IN4O3. The lowest BCUT2D eigenvalue weighted by Gasteiger charge is -2.24. The second kappa shape index (κ2) is 12.6. The van der Waals surface area contributed by atoms with Crippen molar-refractivity contribution < 1.29 is 14.6 Å². The molecule has 1 amide bonds. The number of halogens is 1. The maximum absolute atomic E-state index is 11.9. The summed E-state index contributed by atoms with van der Waals surface area (Å²) in [5.41, 5.74) is -0.522. The number of nitrogens with zero attached hydrogens (tertiary/aromatic N) is 1. The lowest BCUT2D eigenvalue weighted by Crippen LogP contribution is -2.49. The number of alkyl carbamates (subject to hydrolysis) is 1. The summed E-state index contributed by atoms with van der Waals surface area (Å²) in [4.78, 5) is 16.6. The molecule has 7 nitrogen and oxygen atoms in total. The summed E-state index contributed by atoms with van der Waals surface area (Å²) in [5, 5.41) is 19.0. The second-order valence-corrected chi connectivity index (χ2v) is 8.22. The van der Waals surface area contributed by atoms with Crippen molar-refractivity contribution in [3.63, 3.8) is 0 Å². The molecule has 0 saturated heterocycles. The van der Waals surface area contributed by atoms with Crippen LogP contribution in [0.25, 0.3) is 0 Å². The van der Waals surface area contributed by atoms with Crippen LogP contribution in [0.2, 0.25) is 0 Å². The van der Waals surface area contributed by atoms with E-state index in [9.17, 15) is 9.90 Å². The van der Waals surface area contributed by atoms with E-state index >= 15 is 0 Å². The number of ether oxygens (including phenoxy) is 1. The van der Waals surface area contributed by atoms with Gasteiger partial charge in [-0.3, -0.25) is 4.99 Å². The summed E-state index contributed by atoms with van der Waals surface area (Å²) in [7, 11) is 0. The molecular weight excluding hydrogens is 459 g/mol. The highest BCUT2D eigenvalue weighted by molar-refractivity contribution is 14.0. The van der Waals surface area contributed by atoms with Gasteiger partial charge in [0, 0.05) is 24.5 Å². The molecule has 0 aromatic heterocycles. The maximum Gasteiger partial charge on any atom is 0.407 e. The van der Waals surface area contributed by atoms with Crippen molar-refractivity contribution in [3.8, 4) is 0 Å². The number of hydrogen-bond donors (Lipinski definition) is 4. The third-order valence-corrected chi connectivity index (χ3v) is 4.35. The molecule has 1 saturated carbocycles. The SMILES string of the molecule is CCCCC(CNC(=O)OC(C)(C)C)NC(=NCC1(CO)CC1)NCC.I. The number of aliphatic hydroxyl groups is 1. The molecule has 0 bridgehead atoms. The third-order valence-electron chi connectivity index (χ3n) is 4.35. The van der Waals surface area contributed by atoms with Crippen LogP contribution < -0.4 is 16.0 Å². The third kappa shape index (κ3) is 11.6. The van der Waals surface area contributed by atoms with Crippen molar-refractivity contribution in [3.05, 3.63) is 0 Å². The Morgan fingerprint density at radius 3 is 2.41 bits per heavy atom. The number of carbonyl (C=O) groups is 1. The first-order valence-corrected chi connectivity index (χ1v) is 9.86. The zero-order valence-corrected chi connectivity index (χ0v) is 19.9. The molecule has 1 aliphatic carbocycles. The lowest BCUT2D eigenvalue weighted by atomic mass is 10.1. The molecule has 4 N–H and O–H groups in total. The van der Waals surface area contributed by atoms with Gasteiger partial charge in [0.1, 0.15) is 5.60 Å². The first-order valence-electron chi connectivity index (χ1n) is 9.86. The molecule has 0 radical (unpaired) electrons. The highest BCUT2D eigenvalue weighted by Crippen LogP contribution is 2.45. The average Bonchev–Trinajstić information content (AvgIpc) is 3.34. The van der Waals surface area contributed by atoms with Crippen molar-refractivity contribution in [1.29, 1.82) is 0 Å². The van der Waals surface area contributed by atoms with Crippen LogP contribution in [0.1, 0.15) is 66.7 Å². The van der Waals surface area contributed by atoms with Crippen LogP contribution in [-0.2, 0) is 4.74 Å². The molecule has 1 atom stereocenters. The molecule has 1 rings (SSSR count). The zero-order chi connectivity index (χ0) is 19.6. The van der Waals surface area contributed by atoms with E-state index in [1.165, 1.54) is 0 Å². The van der Waals surface area contributed by atoms with Gasteiger partial charge in [0.25, 0.3) is 0 Å². The Morgan fingerprint density at radius 2 is 1.93 bits per heavy atom. The summed E-state index contributed by atoms with van der Waals surface area (Å²) in [6.45, 7) is 11.8. The van der Waals surface area contributed by atoms with Crippen LogP contribution in [0.5, 0.6) is 0 Å². The molecule has 0 aromatic rings. The fourth-order valence-electron chi connectivity index (χ4n) is 2.50. The largest absolute Gasteiger partial charge is 0.444 e. The molecule has 0 aromatic carbocycles. The Kier molecular flexibility index (Phi) is 12.3. The number of unbranched alkanes of at least 4 members (excludes halogenated alkanes) is 1. The number of aliphatic hydroxyl groups excluding tert-OH is 1. The van der Waals surface area contributed by atoms with E-state index in [0.29, 0.717) is 13.1 Å². The summed E-state index contributed by atoms with van der Waals surface area (Å²) in [6, 6.07) is 0.0737. The highest BCUT2D eigenvalue weighted by atomic mass is 127. The van der Waals surface area contributed by atoms with Gasteiger partial charge in [-0.25, -0.2) is 4.79 Å². The van der Waals surface area contributed by atoms with Crippen molar-refractivity contribution >= 4 is 36.0 Å². The normalized spacial score (nSPS) is 16.7. The molecule has 27 heavy (non-hydrogen) atoms. The van der Waals surface area contributed by atoms with Crippen molar-refractivity contribution in [2.24, 2.45) is 10.4 Å². The topological polar surface area (TPSA) is 95.0 Å². The van der Waals surface area contributed by atoms with Crippen molar-refractivity contribution in [2.75, 3.05) is 26.2 Å². The number of guanidine groups is 1. The fourth-order valence-corrected chi connectivity index (χ4v) is 2.50. The minimum Gasteiger partial charge on any atom is -0.444 e. The smallest absolute Gasteiger partial charge is 0.407 e. The van der Waals surface area contributed by atoms with Gasteiger partial charge >= 0.3 is 6.09 Å². The predicted molar refractivity (Wildman–Crippen MR) is 121 cm³/mol. The molecule has 8 heteroatoms. The standard InChI is InChI=1S/C19H38N4O3.HI/c1-6-8-9-15(12-21-17(25)26-18(3,4)5)23-16(20-7-2)22-13-19(14-24)10-11-19;/h15,24H,6-14H2,1-5H3,(H,21,25)(H2,20,22,23);1H. The first kappa shape index (κ1) is 26.2.